The molecule has 1 aliphatic carbocycles. The number of allylic oxidation sites excluding steroid dienone is 2. The van der Waals surface area contributed by atoms with Crippen molar-refractivity contribution in [2.45, 2.75) is 34.1 Å². The molecule has 2 atom stereocenters. The Kier molecular flexibility index (Phi) is 2.41. The minimum atomic E-state index is 0.322. The molecule has 0 heterocycles. The van der Waals surface area contributed by atoms with Crippen LogP contribution in [-0.4, -0.2) is 6.29 Å². The maximum absolute atomic E-state index is 10.7. The molecule has 0 N–H and O–H groups in total. The Hall–Kier alpha value is -0.590. The molecule has 0 aromatic heterocycles. The number of aldehydes is 1. The van der Waals surface area contributed by atoms with Crippen LogP contribution >= 0.6 is 0 Å². The Balaban J connectivity index is 2.75. The van der Waals surface area contributed by atoms with E-state index in [0.29, 0.717) is 11.3 Å². The lowest BCUT2D eigenvalue weighted by molar-refractivity contribution is -0.107. The Bertz CT molecular complexity index is 213. The van der Waals surface area contributed by atoms with Crippen LogP contribution in [0.15, 0.2) is 11.6 Å². The van der Waals surface area contributed by atoms with Crippen LogP contribution in [0.3, 0.4) is 0 Å². The first-order chi connectivity index (χ1) is 5.54. The van der Waals surface area contributed by atoms with Crippen molar-refractivity contribution in [2.24, 2.45) is 17.3 Å². The second-order valence-corrected chi connectivity index (χ2v) is 4.42. The van der Waals surface area contributed by atoms with E-state index in [2.05, 4.69) is 20.8 Å². The summed E-state index contributed by atoms with van der Waals surface area (Å²) in [5.41, 5.74) is 1.31. The Morgan fingerprint density at radius 2 is 2.08 bits per heavy atom. The van der Waals surface area contributed by atoms with Gasteiger partial charge in [-0.15, -0.1) is 0 Å². The minimum Gasteiger partial charge on any atom is -0.298 e. The number of carbonyl (C=O) groups is 1. The summed E-state index contributed by atoms with van der Waals surface area (Å²) in [6.07, 6.45) is 4.13. The average molecular weight is 166 g/mol. The summed E-state index contributed by atoms with van der Waals surface area (Å²) in [6, 6.07) is 0. The molecule has 12 heavy (non-hydrogen) atoms. The maximum Gasteiger partial charge on any atom is 0.145 e. The smallest absolute Gasteiger partial charge is 0.145 e. The zero-order valence-electron chi connectivity index (χ0n) is 8.42. The first-order valence-corrected chi connectivity index (χ1v) is 4.65. The van der Waals surface area contributed by atoms with Crippen LogP contribution in [-0.2, 0) is 4.79 Å². The Morgan fingerprint density at radius 1 is 1.50 bits per heavy atom. The fraction of sp³-hybridized carbons (Fsp3) is 0.727. The quantitative estimate of drug-likeness (QED) is 0.455. The van der Waals surface area contributed by atoms with Crippen LogP contribution in [0.2, 0.25) is 0 Å². The van der Waals surface area contributed by atoms with Gasteiger partial charge >= 0.3 is 0 Å². The van der Waals surface area contributed by atoms with Gasteiger partial charge in [-0.3, -0.25) is 4.79 Å². The van der Waals surface area contributed by atoms with Gasteiger partial charge in [-0.1, -0.05) is 26.8 Å². The first-order valence-electron chi connectivity index (χ1n) is 4.65. The molecule has 1 rings (SSSR count). The predicted molar refractivity (Wildman–Crippen MR) is 50.9 cm³/mol. The zero-order chi connectivity index (χ0) is 9.35. The van der Waals surface area contributed by atoms with E-state index in [0.717, 1.165) is 17.8 Å². The highest BCUT2D eigenvalue weighted by Gasteiger charge is 2.46. The molecule has 1 nitrogen and oxygen atoms in total. The van der Waals surface area contributed by atoms with Gasteiger partial charge in [0.1, 0.15) is 6.29 Å². The third-order valence-corrected chi connectivity index (χ3v) is 3.63. The summed E-state index contributed by atoms with van der Waals surface area (Å²) in [4.78, 5) is 10.7. The lowest BCUT2D eigenvalue weighted by atomic mass is 9.53. The van der Waals surface area contributed by atoms with Gasteiger partial charge in [-0.25, -0.2) is 0 Å². The number of hydrogen-bond acceptors (Lipinski definition) is 1. The zero-order valence-corrected chi connectivity index (χ0v) is 8.42. The van der Waals surface area contributed by atoms with Gasteiger partial charge in [-0.2, -0.15) is 0 Å². The molecule has 1 aliphatic rings. The summed E-state index contributed by atoms with van der Waals surface area (Å²) in [5, 5.41) is 0. The van der Waals surface area contributed by atoms with Gasteiger partial charge < -0.3 is 0 Å². The number of carbonyl (C=O) groups excluding carboxylic acids is 1. The lowest BCUT2D eigenvalue weighted by Gasteiger charge is -2.51. The highest BCUT2D eigenvalue weighted by atomic mass is 16.1. The summed E-state index contributed by atoms with van der Waals surface area (Å²) in [5.74, 6) is 1.24. The molecule has 0 saturated heterocycles. The molecule has 68 valence electrons. The maximum atomic E-state index is 10.7. The van der Waals surface area contributed by atoms with Gasteiger partial charge in [0.05, 0.1) is 0 Å². The monoisotopic (exact) mass is 166 g/mol. The summed E-state index contributed by atoms with van der Waals surface area (Å²) in [7, 11) is 0. The van der Waals surface area contributed by atoms with E-state index in [1.54, 1.807) is 0 Å². The van der Waals surface area contributed by atoms with Crippen LogP contribution in [0.25, 0.3) is 0 Å². The molecular weight excluding hydrogens is 148 g/mol. The second-order valence-electron chi connectivity index (χ2n) is 4.42. The van der Waals surface area contributed by atoms with Crippen molar-refractivity contribution in [1.29, 1.82) is 0 Å². The fourth-order valence-electron chi connectivity index (χ4n) is 2.06. The average Bonchev–Trinajstić information content (AvgIpc) is 2.05. The van der Waals surface area contributed by atoms with Crippen molar-refractivity contribution < 1.29 is 4.79 Å². The minimum absolute atomic E-state index is 0.322. The van der Waals surface area contributed by atoms with E-state index in [1.807, 2.05) is 13.0 Å². The van der Waals surface area contributed by atoms with Gasteiger partial charge in [0, 0.05) is 0 Å². The van der Waals surface area contributed by atoms with Gasteiger partial charge in [-0.05, 0) is 36.2 Å². The molecule has 0 aromatic carbocycles. The van der Waals surface area contributed by atoms with E-state index in [9.17, 15) is 4.79 Å². The van der Waals surface area contributed by atoms with Gasteiger partial charge in [0.2, 0.25) is 0 Å². The van der Waals surface area contributed by atoms with E-state index < -0.39 is 0 Å². The van der Waals surface area contributed by atoms with Gasteiger partial charge in [0.25, 0.3) is 0 Å². The predicted octanol–water partition coefficient (Wildman–Crippen LogP) is 2.81. The van der Waals surface area contributed by atoms with Crippen LogP contribution in [0.5, 0.6) is 0 Å². The van der Waals surface area contributed by atoms with Crippen LogP contribution < -0.4 is 0 Å². The van der Waals surface area contributed by atoms with Crippen molar-refractivity contribution in [3.8, 4) is 0 Å². The topological polar surface area (TPSA) is 17.1 Å². The first kappa shape index (κ1) is 9.50. The Labute approximate surface area is 74.9 Å². The van der Waals surface area contributed by atoms with E-state index in [-0.39, 0.29) is 0 Å². The molecule has 0 aromatic rings. The molecule has 0 amide bonds. The number of hydrogen-bond donors (Lipinski definition) is 0. The van der Waals surface area contributed by atoms with E-state index in [1.165, 1.54) is 6.42 Å². The van der Waals surface area contributed by atoms with Crippen molar-refractivity contribution in [3.63, 3.8) is 0 Å². The van der Waals surface area contributed by atoms with Crippen molar-refractivity contribution in [1.82, 2.24) is 0 Å². The Morgan fingerprint density at radius 3 is 2.33 bits per heavy atom. The molecule has 1 heteroatoms. The molecule has 2 unspecified atom stereocenters. The fourth-order valence-corrected chi connectivity index (χ4v) is 2.06. The molecule has 0 bridgehead atoms. The lowest BCUT2D eigenvalue weighted by Crippen LogP contribution is -2.44. The molecule has 1 saturated carbocycles. The third-order valence-electron chi connectivity index (χ3n) is 3.63. The number of rotatable bonds is 2. The van der Waals surface area contributed by atoms with E-state index in [4.69, 9.17) is 0 Å². The second kappa shape index (κ2) is 3.04. The van der Waals surface area contributed by atoms with E-state index >= 15 is 0 Å². The van der Waals surface area contributed by atoms with Crippen molar-refractivity contribution >= 4 is 6.29 Å². The molecule has 0 aliphatic heterocycles. The molecular formula is C11H18O. The van der Waals surface area contributed by atoms with Crippen molar-refractivity contribution in [3.05, 3.63) is 11.6 Å². The molecule has 0 spiro atoms. The van der Waals surface area contributed by atoms with Crippen LogP contribution in [0.4, 0.5) is 0 Å². The normalized spacial score (nSPS) is 34.2. The van der Waals surface area contributed by atoms with Crippen molar-refractivity contribution in [2.75, 3.05) is 0 Å². The summed E-state index contributed by atoms with van der Waals surface area (Å²) in [6.45, 7) is 8.70. The third kappa shape index (κ3) is 1.21. The van der Waals surface area contributed by atoms with Crippen LogP contribution in [0.1, 0.15) is 34.1 Å². The molecule has 0 radical (unpaired) electrons. The van der Waals surface area contributed by atoms with Gasteiger partial charge in [0.15, 0.2) is 0 Å². The molecule has 1 fully saturated rings. The highest BCUT2D eigenvalue weighted by molar-refractivity contribution is 5.74. The summed E-state index contributed by atoms with van der Waals surface area (Å²) < 4.78 is 0. The largest absolute Gasteiger partial charge is 0.298 e. The summed E-state index contributed by atoms with van der Waals surface area (Å²) >= 11 is 0. The highest BCUT2D eigenvalue weighted by Crippen LogP contribution is 2.53. The standard InChI is InChI=1S/C11H18O/c1-5-9(7-12)10-6-8(2)11(10,3)4/h5,7-8,10H,6H2,1-4H3/b9-5-. The van der Waals surface area contributed by atoms with Crippen LogP contribution in [0, 0.1) is 17.3 Å². The SMILES string of the molecule is C/C=C(/C=O)C1CC(C)C1(C)C.